The third-order valence-electron chi connectivity index (χ3n) is 3.52. The van der Waals surface area contributed by atoms with Crippen LogP contribution in [0.25, 0.3) is 0 Å². The fourth-order valence-electron chi connectivity index (χ4n) is 2.44. The second-order valence-corrected chi connectivity index (χ2v) is 6.36. The van der Waals surface area contributed by atoms with E-state index in [1.165, 1.54) is 4.88 Å². The molecule has 1 heterocycles. The van der Waals surface area contributed by atoms with E-state index in [1.807, 2.05) is 20.0 Å². The average Bonchev–Trinajstić information content (AvgIpc) is 2.76. The molecule has 1 aromatic heterocycles. The maximum absolute atomic E-state index is 12.2. The molecule has 4 nitrogen and oxygen atoms in total. The molecule has 0 radical (unpaired) electrons. The zero-order chi connectivity index (χ0) is 13.1. The number of carbonyl (C=O) groups excluding carboxylic acids is 1. The van der Waals surface area contributed by atoms with E-state index >= 15 is 0 Å². The van der Waals surface area contributed by atoms with E-state index in [9.17, 15) is 4.79 Å². The van der Waals surface area contributed by atoms with Gasteiger partial charge < -0.3 is 11.1 Å². The summed E-state index contributed by atoms with van der Waals surface area (Å²) >= 11 is 1.63. The second-order valence-electron chi connectivity index (χ2n) is 5.09. The van der Waals surface area contributed by atoms with Gasteiger partial charge in [0.15, 0.2) is 0 Å². The SMILES string of the molecule is Cc1cnc(C(C)NC(=O)C2CCCCC2N)s1. The first-order valence-electron chi connectivity index (χ1n) is 6.56. The molecule has 100 valence electrons. The number of rotatable bonds is 3. The number of aryl methyl sites for hydroxylation is 1. The van der Waals surface area contributed by atoms with Crippen molar-refractivity contribution in [2.24, 2.45) is 11.7 Å². The van der Waals surface area contributed by atoms with Crippen molar-refractivity contribution in [1.29, 1.82) is 0 Å². The number of carbonyl (C=O) groups is 1. The number of thiazole rings is 1. The van der Waals surface area contributed by atoms with Crippen molar-refractivity contribution in [3.8, 4) is 0 Å². The Hall–Kier alpha value is -0.940. The van der Waals surface area contributed by atoms with Gasteiger partial charge in [0.1, 0.15) is 5.01 Å². The van der Waals surface area contributed by atoms with Crippen molar-refractivity contribution in [2.45, 2.75) is 51.6 Å². The lowest BCUT2D eigenvalue weighted by Crippen LogP contribution is -2.44. The summed E-state index contributed by atoms with van der Waals surface area (Å²) < 4.78 is 0. The van der Waals surface area contributed by atoms with Gasteiger partial charge in [0, 0.05) is 17.1 Å². The third kappa shape index (κ3) is 3.09. The zero-order valence-corrected chi connectivity index (χ0v) is 11.8. The number of nitrogens with two attached hydrogens (primary N) is 1. The number of aromatic nitrogens is 1. The van der Waals surface area contributed by atoms with Crippen molar-refractivity contribution in [1.82, 2.24) is 10.3 Å². The zero-order valence-electron chi connectivity index (χ0n) is 11.0. The topological polar surface area (TPSA) is 68.0 Å². The van der Waals surface area contributed by atoms with Crippen molar-refractivity contribution in [3.63, 3.8) is 0 Å². The minimum atomic E-state index is -0.0257. The predicted octanol–water partition coefficient (Wildman–Crippen LogP) is 2.15. The van der Waals surface area contributed by atoms with Gasteiger partial charge in [-0.15, -0.1) is 11.3 Å². The smallest absolute Gasteiger partial charge is 0.225 e. The Bertz CT molecular complexity index is 418. The van der Waals surface area contributed by atoms with Gasteiger partial charge in [-0.25, -0.2) is 4.98 Å². The molecule has 3 unspecified atom stereocenters. The molecular formula is C13H21N3OS. The van der Waals surface area contributed by atoms with Crippen LogP contribution in [-0.4, -0.2) is 16.9 Å². The summed E-state index contributed by atoms with van der Waals surface area (Å²) in [5.41, 5.74) is 6.02. The first-order chi connectivity index (χ1) is 8.58. The monoisotopic (exact) mass is 267 g/mol. The molecule has 1 aliphatic carbocycles. The molecule has 1 aliphatic rings. The lowest BCUT2D eigenvalue weighted by Gasteiger charge is -2.28. The first kappa shape index (κ1) is 13.5. The number of hydrogen-bond donors (Lipinski definition) is 2. The molecule has 0 bridgehead atoms. The van der Waals surface area contributed by atoms with Gasteiger partial charge in [-0.1, -0.05) is 12.8 Å². The van der Waals surface area contributed by atoms with Crippen molar-refractivity contribution >= 4 is 17.2 Å². The van der Waals surface area contributed by atoms with E-state index in [0.29, 0.717) is 0 Å². The molecular weight excluding hydrogens is 246 g/mol. The Morgan fingerprint density at radius 1 is 1.56 bits per heavy atom. The van der Waals surface area contributed by atoms with Crippen LogP contribution < -0.4 is 11.1 Å². The largest absolute Gasteiger partial charge is 0.347 e. The minimum Gasteiger partial charge on any atom is -0.347 e. The molecule has 5 heteroatoms. The molecule has 0 saturated heterocycles. The summed E-state index contributed by atoms with van der Waals surface area (Å²) in [6, 6.07) is -0.00527. The Morgan fingerprint density at radius 2 is 2.28 bits per heavy atom. The molecule has 2 rings (SSSR count). The van der Waals surface area contributed by atoms with Crippen LogP contribution in [-0.2, 0) is 4.79 Å². The van der Waals surface area contributed by atoms with Crippen molar-refractivity contribution < 1.29 is 4.79 Å². The van der Waals surface area contributed by atoms with E-state index in [0.717, 1.165) is 30.7 Å². The number of hydrogen-bond acceptors (Lipinski definition) is 4. The summed E-state index contributed by atoms with van der Waals surface area (Å²) in [6.45, 7) is 4.00. The maximum Gasteiger partial charge on any atom is 0.225 e. The van der Waals surface area contributed by atoms with Crippen LogP contribution in [0.1, 0.15) is 48.5 Å². The number of nitrogens with one attached hydrogen (secondary N) is 1. The Kier molecular flexibility index (Phi) is 4.35. The van der Waals surface area contributed by atoms with Crippen LogP contribution in [0.4, 0.5) is 0 Å². The van der Waals surface area contributed by atoms with Crippen LogP contribution in [0.15, 0.2) is 6.20 Å². The van der Waals surface area contributed by atoms with Gasteiger partial charge in [-0.2, -0.15) is 0 Å². The molecule has 3 N–H and O–H groups in total. The van der Waals surface area contributed by atoms with Crippen LogP contribution >= 0.6 is 11.3 Å². The van der Waals surface area contributed by atoms with Crippen LogP contribution in [0.2, 0.25) is 0 Å². The Labute approximate surface area is 112 Å². The molecule has 0 aromatic carbocycles. The summed E-state index contributed by atoms with van der Waals surface area (Å²) in [5, 5.41) is 4.00. The highest BCUT2D eigenvalue weighted by Gasteiger charge is 2.29. The van der Waals surface area contributed by atoms with Crippen molar-refractivity contribution in [3.05, 3.63) is 16.1 Å². The summed E-state index contributed by atoms with van der Waals surface area (Å²) in [4.78, 5) is 17.7. The Balaban J connectivity index is 1.94. The third-order valence-corrected chi connectivity index (χ3v) is 4.62. The van der Waals surface area contributed by atoms with Crippen LogP contribution in [0.3, 0.4) is 0 Å². The molecule has 1 saturated carbocycles. The first-order valence-corrected chi connectivity index (χ1v) is 7.38. The highest BCUT2D eigenvalue weighted by molar-refractivity contribution is 7.11. The van der Waals surface area contributed by atoms with Crippen LogP contribution in [0.5, 0.6) is 0 Å². The maximum atomic E-state index is 12.2. The molecule has 0 spiro atoms. The number of amides is 1. The van der Waals surface area contributed by atoms with Gasteiger partial charge in [0.05, 0.1) is 12.0 Å². The minimum absolute atomic E-state index is 0.0176. The van der Waals surface area contributed by atoms with E-state index < -0.39 is 0 Å². The normalized spacial score (nSPS) is 25.7. The van der Waals surface area contributed by atoms with Gasteiger partial charge in [0.25, 0.3) is 0 Å². The number of nitrogens with zero attached hydrogens (tertiary/aromatic N) is 1. The summed E-state index contributed by atoms with van der Waals surface area (Å²) in [6.07, 6.45) is 5.97. The van der Waals surface area contributed by atoms with Crippen molar-refractivity contribution in [2.75, 3.05) is 0 Å². The van der Waals surface area contributed by atoms with Gasteiger partial charge in [-0.05, 0) is 26.7 Å². The predicted molar refractivity (Wildman–Crippen MR) is 73.3 cm³/mol. The fourth-order valence-corrected chi connectivity index (χ4v) is 3.22. The van der Waals surface area contributed by atoms with Gasteiger partial charge in [0.2, 0.25) is 5.91 Å². The quantitative estimate of drug-likeness (QED) is 0.881. The summed E-state index contributed by atoms with van der Waals surface area (Å²) in [5.74, 6) is 0.0600. The molecule has 1 aromatic rings. The Morgan fingerprint density at radius 3 is 2.89 bits per heavy atom. The average molecular weight is 267 g/mol. The molecule has 1 amide bonds. The standard InChI is InChI=1S/C13H21N3OS/c1-8-7-15-13(18-8)9(2)16-12(17)10-5-3-4-6-11(10)14/h7,9-11H,3-6,14H2,1-2H3,(H,16,17). The highest BCUT2D eigenvalue weighted by Crippen LogP contribution is 2.25. The highest BCUT2D eigenvalue weighted by atomic mass is 32.1. The lowest BCUT2D eigenvalue weighted by molar-refractivity contribution is -0.127. The van der Waals surface area contributed by atoms with Crippen LogP contribution in [0, 0.1) is 12.8 Å². The van der Waals surface area contributed by atoms with Gasteiger partial charge in [-0.3, -0.25) is 4.79 Å². The lowest BCUT2D eigenvalue weighted by atomic mass is 9.84. The van der Waals surface area contributed by atoms with E-state index in [2.05, 4.69) is 10.3 Å². The van der Waals surface area contributed by atoms with E-state index in [1.54, 1.807) is 11.3 Å². The fraction of sp³-hybridized carbons (Fsp3) is 0.692. The summed E-state index contributed by atoms with van der Waals surface area (Å²) in [7, 11) is 0. The van der Waals surface area contributed by atoms with E-state index in [4.69, 9.17) is 5.73 Å². The molecule has 3 atom stereocenters. The molecule has 0 aliphatic heterocycles. The molecule has 1 fully saturated rings. The van der Waals surface area contributed by atoms with E-state index in [-0.39, 0.29) is 23.9 Å². The molecule has 18 heavy (non-hydrogen) atoms. The van der Waals surface area contributed by atoms with Gasteiger partial charge >= 0.3 is 0 Å². The second kappa shape index (κ2) is 5.80.